The molecule has 0 aliphatic heterocycles. The van der Waals surface area contributed by atoms with Gasteiger partial charge in [-0.15, -0.1) is 0 Å². The van der Waals surface area contributed by atoms with E-state index in [1.165, 1.54) is 0 Å². The minimum atomic E-state index is -2.46. The third-order valence-corrected chi connectivity index (χ3v) is 1.94. The SMILES string of the molecule is [CH2]CCC(F)(F)CCCCCC. The predicted molar refractivity (Wildman–Crippen MR) is 48.3 cm³/mol. The minimum absolute atomic E-state index is 0.0442. The Morgan fingerprint density at radius 2 is 1.75 bits per heavy atom. The third-order valence-electron chi connectivity index (χ3n) is 1.94. The number of halogens is 2. The van der Waals surface area contributed by atoms with Crippen molar-refractivity contribution in [3.63, 3.8) is 0 Å². The molecule has 0 fully saturated rings. The highest BCUT2D eigenvalue weighted by atomic mass is 19.3. The van der Waals surface area contributed by atoms with Crippen molar-refractivity contribution in [3.05, 3.63) is 6.92 Å². The van der Waals surface area contributed by atoms with Crippen LogP contribution in [0.25, 0.3) is 0 Å². The summed E-state index contributed by atoms with van der Waals surface area (Å²) in [5, 5.41) is 0. The Morgan fingerprint density at radius 3 is 2.25 bits per heavy atom. The average Bonchev–Trinajstić information content (AvgIpc) is 1.98. The smallest absolute Gasteiger partial charge is 0.207 e. The zero-order chi connectivity index (χ0) is 9.45. The summed E-state index contributed by atoms with van der Waals surface area (Å²) < 4.78 is 25.6. The van der Waals surface area contributed by atoms with Gasteiger partial charge in [-0.3, -0.25) is 0 Å². The second-order valence-corrected chi connectivity index (χ2v) is 3.27. The Bertz CT molecular complexity index is 100. The lowest BCUT2D eigenvalue weighted by atomic mass is 10.1. The van der Waals surface area contributed by atoms with E-state index in [9.17, 15) is 8.78 Å². The van der Waals surface area contributed by atoms with Gasteiger partial charge in [-0.1, -0.05) is 33.1 Å². The summed E-state index contributed by atoms with van der Waals surface area (Å²) in [6.45, 7) is 5.51. The monoisotopic (exact) mass is 177 g/mol. The number of hydrogen-bond donors (Lipinski definition) is 0. The molecular formula is C10H19F2. The standard InChI is InChI=1S/C10H19F2/c1-3-5-6-7-9-10(11,12)8-4-2/h2-9H2,1H3. The van der Waals surface area contributed by atoms with Crippen molar-refractivity contribution in [2.45, 2.75) is 57.8 Å². The largest absolute Gasteiger partial charge is 0.248 e. The zero-order valence-electron chi connectivity index (χ0n) is 7.91. The summed E-state index contributed by atoms with van der Waals surface area (Å²) in [4.78, 5) is 0. The third kappa shape index (κ3) is 6.56. The first kappa shape index (κ1) is 11.9. The van der Waals surface area contributed by atoms with Crippen molar-refractivity contribution < 1.29 is 8.78 Å². The van der Waals surface area contributed by atoms with Gasteiger partial charge in [0.1, 0.15) is 0 Å². The molecule has 0 aliphatic carbocycles. The Balaban J connectivity index is 3.33. The highest BCUT2D eigenvalue weighted by Gasteiger charge is 2.26. The molecule has 0 saturated heterocycles. The molecule has 1 radical (unpaired) electrons. The molecule has 0 heterocycles. The van der Waals surface area contributed by atoms with Crippen LogP contribution in [0.1, 0.15) is 51.9 Å². The van der Waals surface area contributed by atoms with E-state index in [4.69, 9.17) is 0 Å². The fraction of sp³-hybridized carbons (Fsp3) is 0.900. The number of hydrogen-bond acceptors (Lipinski definition) is 0. The Labute approximate surface area is 74.4 Å². The van der Waals surface area contributed by atoms with Gasteiger partial charge < -0.3 is 0 Å². The van der Waals surface area contributed by atoms with Crippen LogP contribution in [0.5, 0.6) is 0 Å². The van der Waals surface area contributed by atoms with Gasteiger partial charge in [0.25, 0.3) is 0 Å². The molecule has 0 aromatic rings. The normalized spacial score (nSPS) is 12.0. The lowest BCUT2D eigenvalue weighted by molar-refractivity contribution is -0.0175. The molecule has 0 bridgehead atoms. The quantitative estimate of drug-likeness (QED) is 0.511. The highest BCUT2D eigenvalue weighted by Crippen LogP contribution is 2.26. The summed E-state index contributed by atoms with van der Waals surface area (Å²) in [6, 6.07) is 0. The van der Waals surface area contributed by atoms with E-state index in [1.807, 2.05) is 0 Å². The molecule has 0 unspecified atom stereocenters. The molecule has 2 heteroatoms. The summed E-state index contributed by atoms with van der Waals surface area (Å²) in [5.41, 5.74) is 0. The van der Waals surface area contributed by atoms with E-state index < -0.39 is 5.92 Å². The van der Waals surface area contributed by atoms with Crippen molar-refractivity contribution in [1.29, 1.82) is 0 Å². The van der Waals surface area contributed by atoms with E-state index in [2.05, 4.69) is 13.8 Å². The van der Waals surface area contributed by atoms with Gasteiger partial charge in [0, 0.05) is 12.8 Å². The number of rotatable bonds is 7. The van der Waals surface area contributed by atoms with Crippen molar-refractivity contribution in [3.8, 4) is 0 Å². The summed E-state index contributed by atoms with van der Waals surface area (Å²) in [5.74, 6) is -2.46. The molecule has 0 aromatic carbocycles. The maximum Gasteiger partial charge on any atom is 0.248 e. The molecule has 0 atom stereocenters. The second kappa shape index (κ2) is 6.38. The fourth-order valence-electron chi connectivity index (χ4n) is 1.19. The Hall–Kier alpha value is -0.140. The molecule has 0 aliphatic rings. The summed E-state index contributed by atoms with van der Waals surface area (Å²) in [7, 11) is 0. The van der Waals surface area contributed by atoms with E-state index in [0.29, 0.717) is 12.8 Å². The first-order valence-electron chi connectivity index (χ1n) is 4.79. The topological polar surface area (TPSA) is 0 Å². The molecule has 0 nitrogen and oxygen atoms in total. The summed E-state index contributed by atoms with van der Waals surface area (Å²) in [6.07, 6.45) is 4.08. The van der Waals surface area contributed by atoms with Crippen LogP contribution in [0.3, 0.4) is 0 Å². The lowest BCUT2D eigenvalue weighted by Gasteiger charge is -2.14. The second-order valence-electron chi connectivity index (χ2n) is 3.27. The van der Waals surface area contributed by atoms with Crippen molar-refractivity contribution >= 4 is 0 Å². The van der Waals surface area contributed by atoms with Crippen LogP contribution >= 0.6 is 0 Å². The molecule has 0 spiro atoms. The molecule has 73 valence electrons. The molecule has 0 N–H and O–H groups in total. The van der Waals surface area contributed by atoms with Crippen LogP contribution in [-0.2, 0) is 0 Å². The van der Waals surface area contributed by atoms with Crippen LogP contribution in [-0.4, -0.2) is 5.92 Å². The van der Waals surface area contributed by atoms with Crippen molar-refractivity contribution in [2.75, 3.05) is 0 Å². The van der Waals surface area contributed by atoms with Crippen LogP contribution in [0.4, 0.5) is 8.78 Å². The zero-order valence-corrected chi connectivity index (χ0v) is 7.91. The van der Waals surface area contributed by atoms with E-state index in [1.54, 1.807) is 0 Å². The fourth-order valence-corrected chi connectivity index (χ4v) is 1.19. The first-order valence-corrected chi connectivity index (χ1v) is 4.79. The van der Waals surface area contributed by atoms with Crippen LogP contribution in [0.2, 0.25) is 0 Å². The van der Waals surface area contributed by atoms with Gasteiger partial charge in [-0.2, -0.15) is 0 Å². The van der Waals surface area contributed by atoms with E-state index >= 15 is 0 Å². The Kier molecular flexibility index (Phi) is 6.31. The van der Waals surface area contributed by atoms with Crippen molar-refractivity contribution in [2.24, 2.45) is 0 Å². The van der Waals surface area contributed by atoms with Gasteiger partial charge >= 0.3 is 0 Å². The molecular weight excluding hydrogens is 158 g/mol. The average molecular weight is 177 g/mol. The van der Waals surface area contributed by atoms with Gasteiger partial charge in [-0.25, -0.2) is 8.78 Å². The Morgan fingerprint density at radius 1 is 1.08 bits per heavy atom. The van der Waals surface area contributed by atoms with Gasteiger partial charge in [-0.05, 0) is 12.8 Å². The van der Waals surface area contributed by atoms with E-state index in [-0.39, 0.29) is 12.8 Å². The summed E-state index contributed by atoms with van der Waals surface area (Å²) >= 11 is 0. The molecule has 0 rings (SSSR count). The molecule has 12 heavy (non-hydrogen) atoms. The van der Waals surface area contributed by atoms with E-state index in [0.717, 1.165) is 19.3 Å². The van der Waals surface area contributed by atoms with Crippen LogP contribution in [0, 0.1) is 6.92 Å². The number of unbranched alkanes of at least 4 members (excludes halogenated alkanes) is 3. The van der Waals surface area contributed by atoms with Crippen LogP contribution < -0.4 is 0 Å². The lowest BCUT2D eigenvalue weighted by Crippen LogP contribution is -2.14. The van der Waals surface area contributed by atoms with Gasteiger partial charge in [0.05, 0.1) is 0 Å². The minimum Gasteiger partial charge on any atom is -0.207 e. The predicted octanol–water partition coefficient (Wildman–Crippen LogP) is 4.21. The maximum absolute atomic E-state index is 12.8. The molecule has 0 amide bonds. The van der Waals surface area contributed by atoms with Gasteiger partial charge in [0.2, 0.25) is 5.92 Å². The van der Waals surface area contributed by atoms with Crippen molar-refractivity contribution in [1.82, 2.24) is 0 Å². The van der Waals surface area contributed by atoms with Gasteiger partial charge in [0.15, 0.2) is 0 Å². The molecule has 0 saturated carbocycles. The molecule has 0 aromatic heterocycles. The first-order chi connectivity index (χ1) is 5.62. The highest BCUT2D eigenvalue weighted by molar-refractivity contribution is 4.66. The maximum atomic E-state index is 12.8. The van der Waals surface area contributed by atoms with Crippen LogP contribution in [0.15, 0.2) is 0 Å². The number of alkyl halides is 2.